The zero-order valence-electron chi connectivity index (χ0n) is 10.3. The fraction of sp³-hybridized carbons (Fsp3) is 0.0833. The molecule has 0 bridgehead atoms. The third kappa shape index (κ3) is 2.72. The van der Waals surface area contributed by atoms with E-state index in [4.69, 9.17) is 21.4 Å². The number of methoxy groups -OCH3 is 1. The number of ether oxygens (including phenoxy) is 1. The Kier molecular flexibility index (Phi) is 3.90. The van der Waals surface area contributed by atoms with E-state index >= 15 is 0 Å². The van der Waals surface area contributed by atoms with Crippen LogP contribution in [0.5, 0.6) is 5.75 Å². The van der Waals surface area contributed by atoms with Crippen LogP contribution in [0.1, 0.15) is 20.8 Å². The van der Waals surface area contributed by atoms with Crippen LogP contribution in [0.2, 0.25) is 5.02 Å². The number of carbonyl (C=O) groups is 2. The van der Waals surface area contributed by atoms with Crippen molar-refractivity contribution in [2.45, 2.75) is 0 Å². The maximum Gasteiger partial charge on any atom is 0.339 e. The third-order valence-corrected chi connectivity index (χ3v) is 2.83. The average molecular weight is 296 g/mol. The van der Waals surface area contributed by atoms with Crippen molar-refractivity contribution in [2.75, 3.05) is 12.4 Å². The van der Waals surface area contributed by atoms with Crippen LogP contribution in [0.25, 0.3) is 0 Å². The van der Waals surface area contributed by atoms with Gasteiger partial charge in [0.25, 0.3) is 5.91 Å². The van der Waals surface area contributed by atoms with Crippen molar-refractivity contribution < 1.29 is 19.4 Å². The molecule has 1 aromatic heterocycles. The predicted molar refractivity (Wildman–Crippen MR) is 71.5 cm³/mol. The first-order valence-electron chi connectivity index (χ1n) is 5.44. The molecule has 1 aromatic carbocycles. The molecule has 0 unspecified atom stereocenters. The number of benzene rings is 1. The molecule has 2 aromatic rings. The van der Waals surface area contributed by atoms with Crippen molar-refractivity contribution in [2.24, 2.45) is 0 Å². The van der Waals surface area contributed by atoms with Crippen LogP contribution in [0.3, 0.4) is 0 Å². The minimum Gasteiger partial charge on any atom is -0.496 e. The number of hydrogen-bond donors (Lipinski definition) is 3. The van der Waals surface area contributed by atoms with Crippen LogP contribution in [-0.2, 0) is 0 Å². The van der Waals surface area contributed by atoms with Gasteiger partial charge in [-0.25, -0.2) is 4.79 Å². The number of hydrogen-bond acceptors (Lipinski definition) is 4. The summed E-state index contributed by atoms with van der Waals surface area (Å²) in [6.07, 6.45) is 1.44. The number of carboxylic acid groups (broad SMARTS) is 1. The first-order valence-corrected chi connectivity index (χ1v) is 5.82. The molecular weight excluding hydrogens is 286 g/mol. The minimum absolute atomic E-state index is 0.0861. The lowest BCUT2D eigenvalue weighted by molar-refractivity contribution is 0.0693. The minimum atomic E-state index is -1.17. The summed E-state index contributed by atoms with van der Waals surface area (Å²) < 4.78 is 4.96. The summed E-state index contributed by atoms with van der Waals surface area (Å²) in [6, 6.07) is 4.05. The van der Waals surface area contributed by atoms with Gasteiger partial charge in [-0.2, -0.15) is 5.10 Å². The summed E-state index contributed by atoms with van der Waals surface area (Å²) in [6.45, 7) is 0. The highest BCUT2D eigenvalue weighted by atomic mass is 35.5. The van der Waals surface area contributed by atoms with Crippen LogP contribution in [-0.4, -0.2) is 34.3 Å². The summed E-state index contributed by atoms with van der Waals surface area (Å²) in [5.74, 6) is -1.52. The molecule has 0 saturated carbocycles. The summed E-state index contributed by atoms with van der Waals surface area (Å²) in [5.41, 5.74) is 0.410. The van der Waals surface area contributed by atoms with Crippen molar-refractivity contribution in [3.8, 4) is 5.75 Å². The molecule has 0 aliphatic rings. The number of rotatable bonds is 4. The normalized spacial score (nSPS) is 10.1. The highest BCUT2D eigenvalue weighted by Crippen LogP contribution is 2.31. The van der Waals surface area contributed by atoms with Gasteiger partial charge in [0.05, 0.1) is 17.8 Å². The lowest BCUT2D eigenvalue weighted by atomic mass is 10.1. The molecule has 1 heterocycles. The molecule has 7 nitrogen and oxygen atoms in total. The Morgan fingerprint density at radius 2 is 2.20 bits per heavy atom. The molecule has 0 radical (unpaired) electrons. The van der Waals surface area contributed by atoms with Gasteiger partial charge in [-0.3, -0.25) is 9.89 Å². The second-order valence-electron chi connectivity index (χ2n) is 3.76. The Balaban J connectivity index is 2.33. The quantitative estimate of drug-likeness (QED) is 0.800. The van der Waals surface area contributed by atoms with Crippen LogP contribution in [0.4, 0.5) is 5.69 Å². The van der Waals surface area contributed by atoms with Gasteiger partial charge in [-0.1, -0.05) is 11.6 Å². The van der Waals surface area contributed by atoms with Gasteiger partial charge in [-0.05, 0) is 12.1 Å². The number of anilines is 1. The fourth-order valence-electron chi connectivity index (χ4n) is 1.56. The number of amides is 1. The molecule has 0 spiro atoms. The smallest absolute Gasteiger partial charge is 0.339 e. The van der Waals surface area contributed by atoms with Crippen LogP contribution in [0.15, 0.2) is 24.4 Å². The molecule has 0 atom stereocenters. The number of carboxylic acids is 1. The zero-order chi connectivity index (χ0) is 14.7. The summed E-state index contributed by atoms with van der Waals surface area (Å²) in [5, 5.41) is 17.8. The number of carbonyl (C=O) groups excluding carboxylic acids is 1. The van der Waals surface area contributed by atoms with E-state index in [-0.39, 0.29) is 27.7 Å². The van der Waals surface area contributed by atoms with E-state index in [1.54, 1.807) is 0 Å². The van der Waals surface area contributed by atoms with E-state index in [9.17, 15) is 9.59 Å². The molecule has 0 aliphatic carbocycles. The number of aromatic carboxylic acids is 1. The lowest BCUT2D eigenvalue weighted by Gasteiger charge is -2.11. The SMILES string of the molecule is COc1cc(NC(=O)c2ccn[nH]2)c(Cl)cc1C(=O)O. The summed E-state index contributed by atoms with van der Waals surface area (Å²) in [4.78, 5) is 22.9. The third-order valence-electron chi connectivity index (χ3n) is 2.51. The molecular formula is C12H10ClN3O4. The highest BCUT2D eigenvalue weighted by molar-refractivity contribution is 6.34. The lowest BCUT2D eigenvalue weighted by Crippen LogP contribution is -2.13. The number of aromatic amines is 1. The van der Waals surface area contributed by atoms with Crippen molar-refractivity contribution in [3.63, 3.8) is 0 Å². The van der Waals surface area contributed by atoms with E-state index in [1.165, 1.54) is 31.5 Å². The molecule has 20 heavy (non-hydrogen) atoms. The largest absolute Gasteiger partial charge is 0.496 e. The molecule has 2 rings (SSSR count). The summed E-state index contributed by atoms with van der Waals surface area (Å²) >= 11 is 5.95. The monoisotopic (exact) mass is 295 g/mol. The van der Waals surface area contributed by atoms with E-state index in [2.05, 4.69) is 15.5 Å². The van der Waals surface area contributed by atoms with E-state index < -0.39 is 11.9 Å². The molecule has 3 N–H and O–H groups in total. The fourth-order valence-corrected chi connectivity index (χ4v) is 1.77. The topological polar surface area (TPSA) is 104 Å². The van der Waals surface area contributed by atoms with E-state index in [0.29, 0.717) is 0 Å². The number of nitrogens with zero attached hydrogens (tertiary/aromatic N) is 1. The molecule has 0 aliphatic heterocycles. The maximum atomic E-state index is 11.8. The van der Waals surface area contributed by atoms with Gasteiger partial charge in [-0.15, -0.1) is 0 Å². The van der Waals surface area contributed by atoms with Crippen molar-refractivity contribution >= 4 is 29.2 Å². The zero-order valence-corrected chi connectivity index (χ0v) is 11.1. The van der Waals surface area contributed by atoms with Gasteiger partial charge in [0, 0.05) is 12.3 Å². The molecule has 1 amide bonds. The first-order chi connectivity index (χ1) is 9.52. The Morgan fingerprint density at radius 3 is 2.75 bits per heavy atom. The van der Waals surface area contributed by atoms with Crippen molar-refractivity contribution in [3.05, 3.63) is 40.7 Å². The first kappa shape index (κ1) is 13.9. The number of H-pyrrole nitrogens is 1. The molecule has 0 saturated heterocycles. The number of nitrogens with one attached hydrogen (secondary N) is 2. The van der Waals surface area contributed by atoms with Crippen LogP contribution >= 0.6 is 11.6 Å². The number of halogens is 1. The van der Waals surface area contributed by atoms with Crippen molar-refractivity contribution in [1.29, 1.82) is 0 Å². The predicted octanol–water partition coefficient (Wildman–Crippen LogP) is 2.02. The summed E-state index contributed by atoms with van der Waals surface area (Å²) in [7, 11) is 1.33. The average Bonchev–Trinajstić information content (AvgIpc) is 2.94. The van der Waals surface area contributed by atoms with Gasteiger partial charge in [0.1, 0.15) is 17.0 Å². The highest BCUT2D eigenvalue weighted by Gasteiger charge is 2.17. The van der Waals surface area contributed by atoms with Gasteiger partial charge in [0.2, 0.25) is 0 Å². The molecule has 104 valence electrons. The van der Waals surface area contributed by atoms with Crippen LogP contribution in [0, 0.1) is 0 Å². The van der Waals surface area contributed by atoms with Crippen molar-refractivity contribution in [1.82, 2.24) is 10.2 Å². The van der Waals surface area contributed by atoms with E-state index in [1.807, 2.05) is 0 Å². The Bertz CT molecular complexity index is 655. The van der Waals surface area contributed by atoms with E-state index in [0.717, 1.165) is 0 Å². The van der Waals surface area contributed by atoms with Gasteiger partial charge >= 0.3 is 5.97 Å². The molecule has 0 fully saturated rings. The standard InChI is InChI=1S/C12H10ClN3O4/c1-20-10-5-9(7(13)4-6(10)12(18)19)15-11(17)8-2-3-14-16-8/h2-5H,1H3,(H,14,16)(H,15,17)(H,18,19). The Hall–Kier alpha value is -2.54. The van der Waals surface area contributed by atoms with Gasteiger partial charge in [0.15, 0.2) is 0 Å². The second kappa shape index (κ2) is 5.62. The Labute approximate surface area is 118 Å². The molecule has 8 heteroatoms. The number of aromatic nitrogens is 2. The second-order valence-corrected chi connectivity index (χ2v) is 4.17. The van der Waals surface area contributed by atoms with Crippen LogP contribution < -0.4 is 10.1 Å². The van der Waals surface area contributed by atoms with Gasteiger partial charge < -0.3 is 15.2 Å². The Morgan fingerprint density at radius 1 is 1.45 bits per heavy atom. The maximum absolute atomic E-state index is 11.8.